The van der Waals surface area contributed by atoms with Crippen LogP contribution in [-0.4, -0.2) is 26.9 Å². The van der Waals surface area contributed by atoms with Gasteiger partial charge in [-0.15, -0.1) is 5.10 Å². The van der Waals surface area contributed by atoms with Gasteiger partial charge in [0.25, 0.3) is 0 Å². The smallest absolute Gasteiger partial charge is 0.246 e. The van der Waals surface area contributed by atoms with Crippen molar-refractivity contribution < 1.29 is 4.79 Å². The first-order chi connectivity index (χ1) is 11.5. The van der Waals surface area contributed by atoms with Crippen molar-refractivity contribution in [3.63, 3.8) is 0 Å². The van der Waals surface area contributed by atoms with Crippen LogP contribution in [0.4, 0.5) is 5.69 Å². The minimum atomic E-state index is -0.0984. The van der Waals surface area contributed by atoms with Gasteiger partial charge in [-0.3, -0.25) is 4.79 Å². The summed E-state index contributed by atoms with van der Waals surface area (Å²) in [6.45, 7) is 4.19. The third-order valence-corrected chi connectivity index (χ3v) is 4.65. The van der Waals surface area contributed by atoms with Gasteiger partial charge in [0.1, 0.15) is 6.54 Å². The van der Waals surface area contributed by atoms with Crippen LogP contribution in [-0.2, 0) is 11.3 Å². The largest absolute Gasteiger partial charge is 0.328 e. The van der Waals surface area contributed by atoms with Gasteiger partial charge in [0.15, 0.2) is 0 Å². The maximum Gasteiger partial charge on any atom is 0.246 e. The standard InChI is InChI=1S/C18H25N5O/c1-12-6-7-16(13(2)8-12)20-18(24)11-23-10-17(21-22-23)14-4-3-5-15(19)9-14/h6-8,10,14-15H,3-5,9,11,19H2,1-2H3,(H,20,24)/t14-,15+/m1/s1. The van der Waals surface area contributed by atoms with Gasteiger partial charge >= 0.3 is 0 Å². The molecule has 128 valence electrons. The molecule has 24 heavy (non-hydrogen) atoms. The normalized spacial score (nSPS) is 20.8. The molecule has 0 bridgehead atoms. The zero-order valence-corrected chi connectivity index (χ0v) is 14.3. The molecule has 1 aromatic carbocycles. The van der Waals surface area contributed by atoms with Crippen LogP contribution in [0.1, 0.15) is 48.4 Å². The van der Waals surface area contributed by atoms with Crippen LogP contribution in [0.2, 0.25) is 0 Å². The predicted molar refractivity (Wildman–Crippen MR) is 93.8 cm³/mol. The summed E-state index contributed by atoms with van der Waals surface area (Å²) in [6.07, 6.45) is 6.15. The number of hydrogen-bond acceptors (Lipinski definition) is 4. The first kappa shape index (κ1) is 16.6. The summed E-state index contributed by atoms with van der Waals surface area (Å²) in [5.74, 6) is 0.267. The van der Waals surface area contributed by atoms with Crippen molar-refractivity contribution in [1.82, 2.24) is 15.0 Å². The van der Waals surface area contributed by atoms with Crippen molar-refractivity contribution >= 4 is 11.6 Å². The van der Waals surface area contributed by atoms with E-state index in [0.29, 0.717) is 5.92 Å². The van der Waals surface area contributed by atoms with E-state index in [1.54, 1.807) is 4.68 Å². The van der Waals surface area contributed by atoms with E-state index in [4.69, 9.17) is 5.73 Å². The lowest BCUT2D eigenvalue weighted by molar-refractivity contribution is -0.116. The summed E-state index contributed by atoms with van der Waals surface area (Å²) in [5, 5.41) is 11.3. The van der Waals surface area contributed by atoms with Crippen molar-refractivity contribution in [2.75, 3.05) is 5.32 Å². The molecule has 1 heterocycles. The summed E-state index contributed by atoms with van der Waals surface area (Å²) < 4.78 is 1.61. The molecule has 0 unspecified atom stereocenters. The molecule has 1 saturated carbocycles. The molecule has 0 aliphatic heterocycles. The fourth-order valence-electron chi connectivity index (χ4n) is 3.36. The number of rotatable bonds is 4. The number of aromatic nitrogens is 3. The molecule has 1 fully saturated rings. The highest BCUT2D eigenvalue weighted by atomic mass is 16.2. The first-order valence-corrected chi connectivity index (χ1v) is 8.54. The number of carbonyl (C=O) groups excluding carboxylic acids is 1. The molecule has 1 aromatic heterocycles. The Kier molecular flexibility index (Phi) is 4.94. The lowest BCUT2D eigenvalue weighted by Crippen LogP contribution is -2.27. The van der Waals surface area contributed by atoms with Gasteiger partial charge in [0, 0.05) is 23.8 Å². The zero-order chi connectivity index (χ0) is 17.1. The Balaban J connectivity index is 1.60. The number of anilines is 1. The number of nitrogens with one attached hydrogen (secondary N) is 1. The van der Waals surface area contributed by atoms with Crippen LogP contribution < -0.4 is 11.1 Å². The van der Waals surface area contributed by atoms with Crippen molar-refractivity contribution in [3.8, 4) is 0 Å². The van der Waals surface area contributed by atoms with Crippen LogP contribution in [0.5, 0.6) is 0 Å². The number of benzene rings is 1. The Morgan fingerprint density at radius 1 is 1.38 bits per heavy atom. The van der Waals surface area contributed by atoms with Crippen LogP contribution in [0, 0.1) is 13.8 Å². The van der Waals surface area contributed by atoms with Crippen molar-refractivity contribution in [3.05, 3.63) is 41.2 Å². The number of amides is 1. The van der Waals surface area contributed by atoms with Crippen molar-refractivity contribution in [2.45, 2.75) is 58.0 Å². The molecule has 3 rings (SSSR count). The maximum atomic E-state index is 12.2. The van der Waals surface area contributed by atoms with E-state index < -0.39 is 0 Å². The molecule has 2 aromatic rings. The summed E-state index contributed by atoms with van der Waals surface area (Å²) in [5.41, 5.74) is 10.1. The van der Waals surface area contributed by atoms with E-state index in [-0.39, 0.29) is 18.5 Å². The highest BCUT2D eigenvalue weighted by Crippen LogP contribution is 2.30. The van der Waals surface area contributed by atoms with E-state index in [9.17, 15) is 4.79 Å². The molecule has 3 N–H and O–H groups in total. The quantitative estimate of drug-likeness (QED) is 0.903. The molecule has 0 saturated heterocycles. The summed E-state index contributed by atoms with van der Waals surface area (Å²) in [4.78, 5) is 12.2. The third kappa shape index (κ3) is 4.00. The molecule has 0 radical (unpaired) electrons. The van der Waals surface area contributed by atoms with Crippen molar-refractivity contribution in [2.24, 2.45) is 5.73 Å². The van der Waals surface area contributed by atoms with Gasteiger partial charge in [-0.05, 0) is 44.7 Å². The van der Waals surface area contributed by atoms with Crippen LogP contribution in [0.3, 0.4) is 0 Å². The molecule has 6 nitrogen and oxygen atoms in total. The lowest BCUT2D eigenvalue weighted by atomic mass is 9.84. The van der Waals surface area contributed by atoms with Crippen LogP contribution >= 0.6 is 0 Å². The van der Waals surface area contributed by atoms with Gasteiger partial charge in [-0.2, -0.15) is 0 Å². The second-order valence-electron chi connectivity index (χ2n) is 6.83. The molecule has 1 aliphatic rings. The Morgan fingerprint density at radius 3 is 2.96 bits per heavy atom. The monoisotopic (exact) mass is 327 g/mol. The minimum absolute atomic E-state index is 0.0984. The van der Waals surface area contributed by atoms with Gasteiger partial charge in [0.2, 0.25) is 5.91 Å². The molecular weight excluding hydrogens is 302 g/mol. The number of hydrogen-bond donors (Lipinski definition) is 2. The molecule has 1 amide bonds. The number of nitrogens with zero attached hydrogens (tertiary/aromatic N) is 3. The Morgan fingerprint density at radius 2 is 2.21 bits per heavy atom. The highest BCUT2D eigenvalue weighted by molar-refractivity contribution is 5.91. The maximum absolute atomic E-state index is 12.2. The highest BCUT2D eigenvalue weighted by Gasteiger charge is 2.23. The van der Waals surface area contributed by atoms with E-state index in [1.165, 1.54) is 5.56 Å². The van der Waals surface area contributed by atoms with Gasteiger partial charge < -0.3 is 11.1 Å². The average molecular weight is 327 g/mol. The fraction of sp³-hybridized carbons (Fsp3) is 0.500. The van der Waals surface area contributed by atoms with Crippen LogP contribution in [0.25, 0.3) is 0 Å². The number of nitrogens with two attached hydrogens (primary N) is 1. The minimum Gasteiger partial charge on any atom is -0.328 e. The SMILES string of the molecule is Cc1ccc(NC(=O)Cn2cc([C@@H]3CCC[C@H](N)C3)nn2)c(C)c1. The number of aryl methyl sites for hydroxylation is 2. The van der Waals surface area contributed by atoms with E-state index >= 15 is 0 Å². The molecule has 0 spiro atoms. The molecular formula is C18H25N5O. The first-order valence-electron chi connectivity index (χ1n) is 8.54. The zero-order valence-electron chi connectivity index (χ0n) is 14.3. The van der Waals surface area contributed by atoms with Gasteiger partial charge in [-0.1, -0.05) is 29.3 Å². The predicted octanol–water partition coefficient (Wildman–Crippen LogP) is 2.52. The van der Waals surface area contributed by atoms with Gasteiger partial charge in [-0.25, -0.2) is 4.68 Å². The third-order valence-electron chi connectivity index (χ3n) is 4.65. The number of carbonyl (C=O) groups is 1. The Hall–Kier alpha value is -2.21. The topological polar surface area (TPSA) is 85.8 Å². The van der Waals surface area contributed by atoms with Crippen LogP contribution in [0.15, 0.2) is 24.4 Å². The summed E-state index contributed by atoms with van der Waals surface area (Å²) >= 11 is 0. The van der Waals surface area contributed by atoms with E-state index in [2.05, 4.69) is 21.7 Å². The fourth-order valence-corrected chi connectivity index (χ4v) is 3.36. The summed E-state index contributed by atoms with van der Waals surface area (Å²) in [7, 11) is 0. The second kappa shape index (κ2) is 7.13. The Labute approximate surface area is 142 Å². The molecule has 2 atom stereocenters. The molecule has 1 aliphatic carbocycles. The Bertz CT molecular complexity index is 724. The lowest BCUT2D eigenvalue weighted by Gasteiger charge is -2.24. The second-order valence-corrected chi connectivity index (χ2v) is 6.83. The van der Waals surface area contributed by atoms with E-state index in [1.807, 2.05) is 32.2 Å². The van der Waals surface area contributed by atoms with Crippen molar-refractivity contribution in [1.29, 1.82) is 0 Å². The average Bonchev–Trinajstić information content (AvgIpc) is 2.98. The van der Waals surface area contributed by atoms with E-state index in [0.717, 1.165) is 42.6 Å². The molecule has 6 heteroatoms. The summed E-state index contributed by atoms with van der Waals surface area (Å²) in [6, 6.07) is 6.22. The van der Waals surface area contributed by atoms with Gasteiger partial charge in [0.05, 0.1) is 5.69 Å².